The standard InChI is InChI=1S/C28H25N3O7S.Rb/c1-28(17-37-27(29)34)23(26(33)38-22(18-10-4-2-5-11-18)19-12-6-3-7-13-19)31-24(32)21(25(31)39(28,35)36)16-20-14-8-9-15-30-20;/h2-16,22-23,25H,17H2,1H3,(H2,29,34);/q;+1/p-1/b21-16-;/t23-,25+,28-;/m0./s1. The molecule has 0 aliphatic carbocycles. The van der Waals surface area contributed by atoms with Crippen molar-refractivity contribution in [2.45, 2.75) is 29.2 Å². The van der Waals surface area contributed by atoms with E-state index in [2.05, 4.69) is 4.98 Å². The van der Waals surface area contributed by atoms with E-state index in [4.69, 9.17) is 15.2 Å². The fraction of sp³-hybridized carbons (Fsp3) is 0.214. The zero-order chi connectivity index (χ0) is 27.8. The first kappa shape index (κ1) is 30.3. The summed E-state index contributed by atoms with van der Waals surface area (Å²) in [5.41, 5.74) is 8.73. The van der Waals surface area contributed by atoms with Gasteiger partial charge in [0.05, 0.1) is 11.3 Å². The summed E-state index contributed by atoms with van der Waals surface area (Å²) in [7, 11) is -4.34. The molecule has 1 N–H and O–H groups in total. The Labute approximate surface area is 280 Å². The summed E-state index contributed by atoms with van der Waals surface area (Å²) in [4.78, 5) is 43.6. The van der Waals surface area contributed by atoms with Crippen molar-refractivity contribution in [2.75, 3.05) is 6.61 Å². The molecule has 2 aliphatic heterocycles. The minimum absolute atomic E-state index is 0. The Morgan fingerprint density at radius 3 is 2.12 bits per heavy atom. The second-order valence-corrected chi connectivity index (χ2v) is 11.9. The minimum atomic E-state index is -4.34. The number of hydrogen-bond donors (Lipinski definition) is 0. The van der Waals surface area contributed by atoms with Gasteiger partial charge in [0.1, 0.15) is 11.4 Å². The summed E-state index contributed by atoms with van der Waals surface area (Å²) in [6.07, 6.45) is 0.504. The molecule has 200 valence electrons. The molecule has 0 bridgehead atoms. The van der Waals surface area contributed by atoms with Crippen LogP contribution in [0, 0.1) is 0 Å². The fourth-order valence-electron chi connectivity index (χ4n) is 4.97. The Kier molecular flexibility index (Phi) is 9.10. The van der Waals surface area contributed by atoms with Gasteiger partial charge in [-0.05, 0) is 36.3 Å². The van der Waals surface area contributed by atoms with E-state index < -0.39 is 56.7 Å². The fourth-order valence-corrected chi connectivity index (χ4v) is 7.24. The Hall–Kier alpha value is -2.70. The maximum atomic E-state index is 13.9. The van der Waals surface area contributed by atoms with E-state index in [1.54, 1.807) is 66.7 Å². The third kappa shape index (κ3) is 5.32. The number of benzene rings is 2. The molecule has 2 saturated heterocycles. The number of sulfone groups is 1. The van der Waals surface area contributed by atoms with Crippen molar-refractivity contribution in [1.29, 1.82) is 0 Å². The quantitative estimate of drug-likeness (QED) is 0.211. The summed E-state index contributed by atoms with van der Waals surface area (Å²) in [6, 6.07) is 21.1. The van der Waals surface area contributed by atoms with Crippen LogP contribution in [0.15, 0.2) is 90.6 Å². The molecule has 0 radical (unpaired) electrons. The SMILES string of the molecule is C[C@]1(COC([NH-])=O)[C@H](C(=O)OC(c2ccccc2)c2ccccc2)N2C(=O)/C(=C/c3ccccn3)[C@H]2S1(=O)=O.[Rb+]. The van der Waals surface area contributed by atoms with Gasteiger partial charge in [0.2, 0.25) is 6.09 Å². The van der Waals surface area contributed by atoms with Crippen LogP contribution in [0.25, 0.3) is 11.8 Å². The number of nitrogens with zero attached hydrogens (tertiary/aromatic N) is 2. The summed E-state index contributed by atoms with van der Waals surface area (Å²) in [6.45, 7) is 0.414. The van der Waals surface area contributed by atoms with Gasteiger partial charge in [-0.15, -0.1) is 0 Å². The van der Waals surface area contributed by atoms with Crippen LogP contribution in [0.5, 0.6) is 0 Å². The van der Waals surface area contributed by atoms with E-state index in [1.807, 2.05) is 12.1 Å². The largest absolute Gasteiger partial charge is 1.00 e. The molecule has 2 aliphatic rings. The first-order valence-corrected chi connectivity index (χ1v) is 13.6. The molecule has 3 aromatic rings. The van der Waals surface area contributed by atoms with E-state index in [0.717, 1.165) is 4.90 Å². The topological polar surface area (TPSA) is 144 Å². The summed E-state index contributed by atoms with van der Waals surface area (Å²) in [5, 5.41) is -1.47. The average molecular weight is 632 g/mol. The number of pyridine rings is 1. The average Bonchev–Trinajstić information content (AvgIpc) is 3.11. The molecule has 2 fully saturated rings. The Morgan fingerprint density at radius 2 is 1.60 bits per heavy atom. The van der Waals surface area contributed by atoms with E-state index >= 15 is 0 Å². The van der Waals surface area contributed by atoms with Gasteiger partial charge in [0, 0.05) is 6.20 Å². The van der Waals surface area contributed by atoms with Gasteiger partial charge in [0.15, 0.2) is 27.4 Å². The van der Waals surface area contributed by atoms with Crippen LogP contribution in [-0.4, -0.2) is 59.0 Å². The molecule has 12 heteroatoms. The van der Waals surface area contributed by atoms with Crippen LogP contribution in [0.4, 0.5) is 4.79 Å². The van der Waals surface area contributed by atoms with Crippen molar-refractivity contribution in [1.82, 2.24) is 9.88 Å². The number of hydrogen-bond acceptors (Lipinski definition) is 8. The molecular weight excluding hydrogens is 608 g/mol. The van der Waals surface area contributed by atoms with E-state index in [1.165, 1.54) is 19.2 Å². The summed E-state index contributed by atoms with van der Waals surface area (Å²) in [5.74, 6) is -1.65. The first-order valence-electron chi connectivity index (χ1n) is 12.0. The minimum Gasteiger partial charge on any atom is -0.632 e. The smallest absolute Gasteiger partial charge is 0.632 e. The van der Waals surface area contributed by atoms with Gasteiger partial charge >= 0.3 is 64.2 Å². The van der Waals surface area contributed by atoms with Crippen LogP contribution >= 0.6 is 0 Å². The molecular formula is C28H24N3O7RbS. The van der Waals surface area contributed by atoms with Crippen LogP contribution in [0.1, 0.15) is 29.8 Å². The molecule has 40 heavy (non-hydrogen) atoms. The number of amides is 2. The van der Waals surface area contributed by atoms with Crippen molar-refractivity contribution in [3.8, 4) is 0 Å². The molecule has 0 saturated carbocycles. The Bertz CT molecular complexity index is 1510. The second-order valence-electron chi connectivity index (χ2n) is 9.39. The second kappa shape index (κ2) is 12.0. The van der Waals surface area contributed by atoms with Crippen LogP contribution in [-0.2, 0) is 28.9 Å². The van der Waals surface area contributed by atoms with Crippen molar-refractivity contribution < 1.29 is 90.5 Å². The summed E-state index contributed by atoms with van der Waals surface area (Å²) < 4.78 is 36.4. The zero-order valence-corrected chi connectivity index (χ0v) is 27.5. The normalized spacial score (nSPS) is 23.6. The zero-order valence-electron chi connectivity index (χ0n) is 21.8. The van der Waals surface area contributed by atoms with E-state index in [-0.39, 0.29) is 63.8 Å². The third-order valence-corrected chi connectivity index (χ3v) is 9.65. The van der Waals surface area contributed by atoms with Gasteiger partial charge in [-0.1, -0.05) is 66.7 Å². The number of carbonyl (C=O) groups is 3. The molecule has 0 unspecified atom stereocenters. The number of ether oxygens (including phenoxy) is 2. The number of esters is 1. The molecule has 1 aromatic heterocycles. The molecule has 0 spiro atoms. The van der Waals surface area contributed by atoms with Gasteiger partial charge in [0.25, 0.3) is 5.91 Å². The predicted octanol–water partition coefficient (Wildman–Crippen LogP) is 0.715. The van der Waals surface area contributed by atoms with E-state index in [9.17, 15) is 22.8 Å². The van der Waals surface area contributed by atoms with Crippen LogP contribution in [0.3, 0.4) is 0 Å². The maximum absolute atomic E-state index is 13.9. The van der Waals surface area contributed by atoms with Gasteiger partial charge < -0.3 is 20.1 Å². The molecule has 10 nitrogen and oxygen atoms in total. The maximum Gasteiger partial charge on any atom is 1.00 e. The monoisotopic (exact) mass is 631 g/mol. The molecule has 5 rings (SSSR count). The number of β-lactam (4-membered cyclic amide) rings is 1. The number of nitrogens with one attached hydrogen (secondary N) is 1. The van der Waals surface area contributed by atoms with Gasteiger partial charge in [-0.25, -0.2) is 13.2 Å². The van der Waals surface area contributed by atoms with Crippen molar-refractivity contribution >= 4 is 33.9 Å². The third-order valence-electron chi connectivity index (χ3n) is 6.94. The molecule has 3 heterocycles. The number of carbonyl (C=O) groups excluding carboxylic acids is 3. The Morgan fingerprint density at radius 1 is 1.02 bits per heavy atom. The molecule has 3 atom stereocenters. The number of aromatic nitrogens is 1. The van der Waals surface area contributed by atoms with Crippen LogP contribution in [0.2, 0.25) is 0 Å². The van der Waals surface area contributed by atoms with Gasteiger partial charge in [-0.3, -0.25) is 14.6 Å². The van der Waals surface area contributed by atoms with Crippen molar-refractivity contribution in [3.63, 3.8) is 0 Å². The predicted molar refractivity (Wildman–Crippen MR) is 140 cm³/mol. The Balaban J connectivity index is 0.00000370. The number of rotatable bonds is 7. The first-order chi connectivity index (χ1) is 18.6. The van der Waals surface area contributed by atoms with E-state index in [0.29, 0.717) is 16.8 Å². The summed E-state index contributed by atoms with van der Waals surface area (Å²) >= 11 is 0. The number of fused-ring (bicyclic) bond motifs is 1. The van der Waals surface area contributed by atoms with Crippen LogP contribution < -0.4 is 58.2 Å². The van der Waals surface area contributed by atoms with Gasteiger partial charge in [-0.2, -0.15) is 0 Å². The van der Waals surface area contributed by atoms with Crippen molar-refractivity contribution in [3.05, 3.63) is 113 Å². The molecule has 2 aromatic carbocycles. The van der Waals surface area contributed by atoms with Crippen molar-refractivity contribution in [2.24, 2.45) is 0 Å². The molecule has 2 amide bonds.